The van der Waals surface area contributed by atoms with Gasteiger partial charge in [0.2, 0.25) is 0 Å². The first-order valence-electron chi connectivity index (χ1n) is 5.76. The molecule has 0 bridgehead atoms. The Morgan fingerprint density at radius 2 is 1.68 bits per heavy atom. The zero-order valence-electron chi connectivity index (χ0n) is 10.3. The summed E-state index contributed by atoms with van der Waals surface area (Å²) in [6.07, 6.45) is -4.31. The normalized spacial score (nSPS) is 11.6. The van der Waals surface area contributed by atoms with Gasteiger partial charge in [-0.05, 0) is 30.7 Å². The van der Waals surface area contributed by atoms with Gasteiger partial charge in [0.25, 0.3) is 0 Å². The predicted molar refractivity (Wildman–Crippen MR) is 67.3 cm³/mol. The average molecular weight is 266 g/mol. The maximum atomic E-state index is 12.5. The molecule has 0 radical (unpaired) electrons. The van der Waals surface area contributed by atoms with Gasteiger partial charge in [-0.2, -0.15) is 13.2 Å². The van der Waals surface area contributed by atoms with Crippen molar-refractivity contribution >= 4 is 0 Å². The van der Waals surface area contributed by atoms with Crippen molar-refractivity contribution < 1.29 is 13.2 Å². The predicted octanol–water partition coefficient (Wildman–Crippen LogP) is 3.53. The van der Waals surface area contributed by atoms with Crippen LogP contribution < -0.4 is 5.73 Å². The Balaban J connectivity index is 2.35. The molecule has 0 amide bonds. The molecule has 0 spiro atoms. The van der Waals surface area contributed by atoms with Crippen LogP contribution in [0, 0.1) is 6.92 Å². The van der Waals surface area contributed by atoms with E-state index in [9.17, 15) is 13.2 Å². The first-order valence-corrected chi connectivity index (χ1v) is 5.76. The van der Waals surface area contributed by atoms with Crippen LogP contribution in [0.15, 0.2) is 36.4 Å². The Morgan fingerprint density at radius 3 is 2.16 bits per heavy atom. The second kappa shape index (κ2) is 5.01. The third kappa shape index (κ3) is 2.93. The fourth-order valence-electron chi connectivity index (χ4n) is 1.80. The monoisotopic (exact) mass is 266 g/mol. The summed E-state index contributed by atoms with van der Waals surface area (Å²) in [6, 6.07) is 8.57. The van der Waals surface area contributed by atoms with E-state index in [0.717, 1.165) is 23.4 Å². The van der Waals surface area contributed by atoms with Crippen LogP contribution in [-0.2, 0) is 12.7 Å². The summed E-state index contributed by atoms with van der Waals surface area (Å²) >= 11 is 0. The molecule has 0 aliphatic carbocycles. The summed E-state index contributed by atoms with van der Waals surface area (Å²) in [5, 5.41) is 0. The molecule has 0 atom stereocenters. The molecule has 0 aliphatic heterocycles. The lowest BCUT2D eigenvalue weighted by Gasteiger charge is -2.09. The lowest BCUT2D eigenvalue weighted by molar-refractivity contribution is -0.137. The molecule has 0 aliphatic rings. The van der Waals surface area contributed by atoms with Gasteiger partial charge in [-0.25, -0.2) is 0 Å². The number of benzene rings is 1. The highest BCUT2D eigenvalue weighted by Gasteiger charge is 2.29. The van der Waals surface area contributed by atoms with Crippen LogP contribution in [0.25, 0.3) is 11.3 Å². The number of hydrogen-bond acceptors (Lipinski definition) is 2. The molecule has 2 rings (SSSR count). The number of alkyl halides is 3. The maximum Gasteiger partial charge on any atom is 0.416 e. The van der Waals surface area contributed by atoms with E-state index in [1.165, 1.54) is 12.1 Å². The standard InChI is InChI=1S/C14H13F3N2/c1-9-11(8-18)4-7-13(19-9)10-2-5-12(6-3-10)14(15,16)17/h2-7H,8,18H2,1H3. The van der Waals surface area contributed by atoms with Crippen molar-refractivity contribution in [1.82, 2.24) is 4.98 Å². The van der Waals surface area contributed by atoms with Crippen molar-refractivity contribution in [3.8, 4) is 11.3 Å². The molecule has 0 saturated carbocycles. The number of aryl methyl sites for hydroxylation is 1. The van der Waals surface area contributed by atoms with Crippen LogP contribution >= 0.6 is 0 Å². The van der Waals surface area contributed by atoms with E-state index in [2.05, 4.69) is 4.98 Å². The summed E-state index contributed by atoms with van der Waals surface area (Å²) < 4.78 is 37.4. The van der Waals surface area contributed by atoms with Crippen LogP contribution in [0.1, 0.15) is 16.8 Å². The first kappa shape index (κ1) is 13.5. The number of pyridine rings is 1. The number of nitrogens with zero attached hydrogens (tertiary/aromatic N) is 1. The second-order valence-electron chi connectivity index (χ2n) is 4.22. The molecule has 1 aromatic carbocycles. The average Bonchev–Trinajstić information content (AvgIpc) is 2.38. The highest BCUT2D eigenvalue weighted by atomic mass is 19.4. The highest BCUT2D eigenvalue weighted by Crippen LogP contribution is 2.30. The summed E-state index contributed by atoms with van der Waals surface area (Å²) in [7, 11) is 0. The summed E-state index contributed by atoms with van der Waals surface area (Å²) in [6.45, 7) is 2.22. The molecular weight excluding hydrogens is 253 g/mol. The number of nitrogens with two attached hydrogens (primary N) is 1. The molecule has 2 nitrogen and oxygen atoms in total. The SMILES string of the molecule is Cc1nc(-c2ccc(C(F)(F)F)cc2)ccc1CN. The third-order valence-electron chi connectivity index (χ3n) is 2.92. The van der Waals surface area contributed by atoms with Crippen molar-refractivity contribution in [1.29, 1.82) is 0 Å². The van der Waals surface area contributed by atoms with E-state index in [1.807, 2.05) is 13.0 Å². The molecule has 1 aromatic heterocycles. The number of rotatable bonds is 2. The molecule has 5 heteroatoms. The van der Waals surface area contributed by atoms with Gasteiger partial charge < -0.3 is 5.73 Å². The minimum atomic E-state index is -4.31. The van der Waals surface area contributed by atoms with E-state index < -0.39 is 11.7 Å². The lowest BCUT2D eigenvalue weighted by Crippen LogP contribution is -2.04. The van der Waals surface area contributed by atoms with Crippen molar-refractivity contribution in [3.05, 3.63) is 53.2 Å². The van der Waals surface area contributed by atoms with Gasteiger partial charge in [0.05, 0.1) is 11.3 Å². The van der Waals surface area contributed by atoms with Gasteiger partial charge in [-0.3, -0.25) is 4.98 Å². The Hall–Kier alpha value is -1.88. The smallest absolute Gasteiger partial charge is 0.326 e. The first-order chi connectivity index (χ1) is 8.91. The van der Waals surface area contributed by atoms with E-state index in [0.29, 0.717) is 17.8 Å². The van der Waals surface area contributed by atoms with E-state index >= 15 is 0 Å². The van der Waals surface area contributed by atoms with Gasteiger partial charge in [-0.1, -0.05) is 18.2 Å². The minimum Gasteiger partial charge on any atom is -0.326 e. The quantitative estimate of drug-likeness (QED) is 0.903. The van der Waals surface area contributed by atoms with Crippen molar-refractivity contribution in [2.24, 2.45) is 5.73 Å². The molecule has 0 fully saturated rings. The fraction of sp³-hybridized carbons (Fsp3) is 0.214. The second-order valence-corrected chi connectivity index (χ2v) is 4.22. The summed E-state index contributed by atoms with van der Waals surface area (Å²) in [4.78, 5) is 4.34. The molecule has 2 aromatic rings. The summed E-state index contributed by atoms with van der Waals surface area (Å²) in [5.41, 5.74) is 7.89. The van der Waals surface area contributed by atoms with Crippen molar-refractivity contribution in [2.45, 2.75) is 19.6 Å². The molecule has 1 heterocycles. The lowest BCUT2D eigenvalue weighted by atomic mass is 10.1. The van der Waals surface area contributed by atoms with Crippen LogP contribution in [0.4, 0.5) is 13.2 Å². The highest BCUT2D eigenvalue weighted by molar-refractivity contribution is 5.60. The molecule has 2 N–H and O–H groups in total. The zero-order valence-corrected chi connectivity index (χ0v) is 10.3. The maximum absolute atomic E-state index is 12.5. The van der Waals surface area contributed by atoms with E-state index in [1.54, 1.807) is 6.07 Å². The van der Waals surface area contributed by atoms with Gasteiger partial charge in [-0.15, -0.1) is 0 Å². The molecule has 19 heavy (non-hydrogen) atoms. The van der Waals surface area contributed by atoms with E-state index in [4.69, 9.17) is 5.73 Å². The zero-order chi connectivity index (χ0) is 14.0. The Bertz CT molecular complexity index is 574. The molecule has 0 unspecified atom stereocenters. The van der Waals surface area contributed by atoms with Crippen molar-refractivity contribution in [2.75, 3.05) is 0 Å². The molecular formula is C14H13F3N2. The van der Waals surface area contributed by atoms with Gasteiger partial charge >= 0.3 is 6.18 Å². The van der Waals surface area contributed by atoms with Crippen LogP contribution in [0.5, 0.6) is 0 Å². The largest absolute Gasteiger partial charge is 0.416 e. The van der Waals surface area contributed by atoms with Gasteiger partial charge in [0.1, 0.15) is 0 Å². The minimum absolute atomic E-state index is 0.395. The number of hydrogen-bond donors (Lipinski definition) is 1. The van der Waals surface area contributed by atoms with Gasteiger partial charge in [0, 0.05) is 17.8 Å². The molecule has 0 saturated heterocycles. The Morgan fingerprint density at radius 1 is 1.05 bits per heavy atom. The van der Waals surface area contributed by atoms with Crippen LogP contribution in [-0.4, -0.2) is 4.98 Å². The van der Waals surface area contributed by atoms with Gasteiger partial charge in [0.15, 0.2) is 0 Å². The van der Waals surface area contributed by atoms with Crippen LogP contribution in [0.2, 0.25) is 0 Å². The Kier molecular flexibility index (Phi) is 3.57. The van der Waals surface area contributed by atoms with Crippen molar-refractivity contribution in [3.63, 3.8) is 0 Å². The number of aromatic nitrogens is 1. The number of halogens is 3. The Labute approximate surface area is 109 Å². The molecule has 100 valence electrons. The fourth-order valence-corrected chi connectivity index (χ4v) is 1.80. The third-order valence-corrected chi connectivity index (χ3v) is 2.92. The van der Waals surface area contributed by atoms with Crippen LogP contribution in [0.3, 0.4) is 0 Å². The van der Waals surface area contributed by atoms with E-state index in [-0.39, 0.29) is 0 Å². The summed E-state index contributed by atoms with van der Waals surface area (Å²) in [5.74, 6) is 0. The topological polar surface area (TPSA) is 38.9 Å².